The zero-order chi connectivity index (χ0) is 26.6. The summed E-state index contributed by atoms with van der Waals surface area (Å²) < 4.78 is 3.85. The summed E-state index contributed by atoms with van der Waals surface area (Å²) >= 11 is 0. The number of nitro benzene ring substituents is 1. The van der Waals surface area contributed by atoms with Gasteiger partial charge in [-0.25, -0.2) is 9.56 Å². The highest BCUT2D eigenvalue weighted by Gasteiger charge is 2.10. The van der Waals surface area contributed by atoms with E-state index in [0.29, 0.717) is 27.7 Å². The third kappa shape index (κ3) is 5.41. The summed E-state index contributed by atoms with van der Waals surface area (Å²) in [7, 11) is 3.84. The predicted molar refractivity (Wildman–Crippen MR) is 147 cm³/mol. The molecule has 3 aromatic carbocycles. The Bertz CT molecular complexity index is 1710. The number of nitro groups is 1. The molecule has 38 heavy (non-hydrogen) atoms. The fraction of sp³-hybridized carbons (Fsp3) is 0.0690. The molecule has 0 atom stereocenters. The maximum atomic E-state index is 12.8. The van der Waals surface area contributed by atoms with Crippen molar-refractivity contribution in [3.8, 4) is 0 Å². The highest BCUT2D eigenvalue weighted by atomic mass is 16.6. The Hall–Kier alpha value is -5.31. The first-order chi connectivity index (χ1) is 18.4. The average Bonchev–Trinajstić information content (AvgIpc) is 2.93. The average molecular weight is 506 g/mol. The number of aryl methyl sites for hydroxylation is 2. The summed E-state index contributed by atoms with van der Waals surface area (Å²) in [6.07, 6.45) is 5.78. The van der Waals surface area contributed by atoms with Gasteiger partial charge in [-0.1, -0.05) is 0 Å². The van der Waals surface area contributed by atoms with Crippen molar-refractivity contribution >= 4 is 45.2 Å². The van der Waals surface area contributed by atoms with Gasteiger partial charge in [0.1, 0.15) is 7.05 Å². The van der Waals surface area contributed by atoms with Gasteiger partial charge in [-0.15, -0.1) is 0 Å². The van der Waals surface area contributed by atoms with E-state index in [0.717, 1.165) is 16.9 Å². The molecule has 0 saturated carbocycles. The van der Waals surface area contributed by atoms with Crippen LogP contribution in [0.4, 0.5) is 28.4 Å². The molecule has 0 aliphatic rings. The van der Waals surface area contributed by atoms with Crippen LogP contribution in [0, 0.1) is 10.1 Å². The number of hydrogen-bond acceptors (Lipinski definition) is 5. The summed E-state index contributed by atoms with van der Waals surface area (Å²) in [4.78, 5) is 28.3. The van der Waals surface area contributed by atoms with Crippen LogP contribution >= 0.6 is 0 Å². The van der Waals surface area contributed by atoms with Gasteiger partial charge in [0.2, 0.25) is 0 Å². The SMILES string of the molecule is Cn1ccc(=Nc2ccc(C(=O)Nc3ccc(Nc4cc[n+](C)cc4)cc3)cc2)c2cc([N+](=O)[O-])ccc21. The number of pyridine rings is 2. The van der Waals surface area contributed by atoms with Crippen LogP contribution in [0.15, 0.2) is 109 Å². The van der Waals surface area contributed by atoms with Gasteiger partial charge in [-0.2, -0.15) is 0 Å². The molecule has 0 aliphatic carbocycles. The number of nitrogens with one attached hydrogen (secondary N) is 2. The number of rotatable bonds is 6. The predicted octanol–water partition coefficient (Wildman–Crippen LogP) is 5.14. The fourth-order valence-corrected chi connectivity index (χ4v) is 4.02. The molecule has 188 valence electrons. The summed E-state index contributed by atoms with van der Waals surface area (Å²) in [6.45, 7) is 0. The van der Waals surface area contributed by atoms with Crippen molar-refractivity contribution in [1.82, 2.24) is 4.57 Å². The number of non-ortho nitro benzene ring substituents is 1. The van der Waals surface area contributed by atoms with Gasteiger partial charge in [0.15, 0.2) is 12.4 Å². The first-order valence-corrected chi connectivity index (χ1v) is 11.9. The maximum Gasteiger partial charge on any atom is 0.270 e. The van der Waals surface area contributed by atoms with Crippen LogP contribution in [0.5, 0.6) is 0 Å². The van der Waals surface area contributed by atoms with Gasteiger partial charge >= 0.3 is 0 Å². The topological polar surface area (TPSA) is 105 Å². The minimum absolute atomic E-state index is 0.00484. The maximum absolute atomic E-state index is 12.8. The van der Waals surface area contributed by atoms with E-state index in [9.17, 15) is 14.9 Å². The zero-order valence-electron chi connectivity index (χ0n) is 20.8. The molecule has 0 saturated heterocycles. The van der Waals surface area contributed by atoms with Crippen molar-refractivity contribution in [1.29, 1.82) is 0 Å². The third-order valence-corrected chi connectivity index (χ3v) is 6.09. The Morgan fingerprint density at radius 2 is 1.55 bits per heavy atom. The van der Waals surface area contributed by atoms with E-state index in [-0.39, 0.29) is 11.6 Å². The summed E-state index contributed by atoms with van der Waals surface area (Å²) in [5.74, 6) is -0.236. The minimum Gasteiger partial charge on any atom is -0.355 e. The van der Waals surface area contributed by atoms with Crippen molar-refractivity contribution in [3.05, 3.63) is 125 Å². The van der Waals surface area contributed by atoms with Crippen molar-refractivity contribution in [3.63, 3.8) is 0 Å². The number of nitrogens with zero attached hydrogens (tertiary/aromatic N) is 4. The van der Waals surface area contributed by atoms with E-state index in [1.165, 1.54) is 12.1 Å². The summed E-state index contributed by atoms with van der Waals surface area (Å²) in [5, 5.41) is 18.8. The number of hydrogen-bond donors (Lipinski definition) is 2. The van der Waals surface area contributed by atoms with Crippen LogP contribution in [0.1, 0.15) is 10.4 Å². The Balaban J connectivity index is 1.31. The van der Waals surface area contributed by atoms with Crippen LogP contribution in [-0.4, -0.2) is 15.4 Å². The van der Waals surface area contributed by atoms with Crippen molar-refractivity contribution in [2.24, 2.45) is 19.1 Å². The lowest BCUT2D eigenvalue weighted by Crippen LogP contribution is -2.25. The number of amides is 1. The number of carbonyl (C=O) groups excluding carboxylic acids is 1. The van der Waals surface area contributed by atoms with E-state index >= 15 is 0 Å². The molecule has 5 aromatic rings. The molecule has 2 aromatic heterocycles. The largest absolute Gasteiger partial charge is 0.355 e. The second kappa shape index (κ2) is 10.4. The van der Waals surface area contributed by atoms with Crippen LogP contribution in [0.25, 0.3) is 10.9 Å². The van der Waals surface area contributed by atoms with E-state index in [1.54, 1.807) is 30.3 Å². The van der Waals surface area contributed by atoms with Gasteiger partial charge < -0.3 is 15.2 Å². The molecule has 9 nitrogen and oxygen atoms in total. The summed E-state index contributed by atoms with van der Waals surface area (Å²) in [6, 6.07) is 24.9. The van der Waals surface area contributed by atoms with Crippen LogP contribution in [0.3, 0.4) is 0 Å². The highest BCUT2D eigenvalue weighted by Crippen LogP contribution is 2.21. The van der Waals surface area contributed by atoms with Gasteiger partial charge in [0.25, 0.3) is 11.6 Å². The van der Waals surface area contributed by atoms with Gasteiger partial charge in [0.05, 0.1) is 27.2 Å². The smallest absolute Gasteiger partial charge is 0.270 e. The lowest BCUT2D eigenvalue weighted by molar-refractivity contribution is -0.671. The van der Waals surface area contributed by atoms with Gasteiger partial charge in [-0.3, -0.25) is 14.9 Å². The Morgan fingerprint density at radius 1 is 0.895 bits per heavy atom. The quantitative estimate of drug-likeness (QED) is 0.189. The van der Waals surface area contributed by atoms with E-state index in [1.807, 2.05) is 84.3 Å². The second-order valence-corrected chi connectivity index (χ2v) is 8.84. The zero-order valence-corrected chi connectivity index (χ0v) is 20.8. The molecule has 0 spiro atoms. The molecule has 2 N–H and O–H groups in total. The number of aromatic nitrogens is 2. The minimum atomic E-state index is -0.420. The van der Waals surface area contributed by atoms with Crippen molar-refractivity contribution in [2.75, 3.05) is 10.6 Å². The van der Waals surface area contributed by atoms with Crippen molar-refractivity contribution in [2.45, 2.75) is 0 Å². The second-order valence-electron chi connectivity index (χ2n) is 8.84. The summed E-state index contributed by atoms with van der Waals surface area (Å²) in [5.41, 5.74) is 4.52. The van der Waals surface area contributed by atoms with E-state index in [4.69, 9.17) is 0 Å². The van der Waals surface area contributed by atoms with Gasteiger partial charge in [-0.05, 0) is 60.7 Å². The lowest BCUT2D eigenvalue weighted by atomic mass is 10.1. The Kier molecular flexibility index (Phi) is 6.65. The molecule has 9 heteroatoms. The molecule has 0 fully saturated rings. The molecular weight excluding hydrogens is 480 g/mol. The van der Waals surface area contributed by atoms with Crippen LogP contribution in [-0.2, 0) is 14.1 Å². The van der Waals surface area contributed by atoms with E-state index in [2.05, 4.69) is 15.6 Å². The molecule has 0 unspecified atom stereocenters. The fourth-order valence-electron chi connectivity index (χ4n) is 4.02. The molecule has 0 radical (unpaired) electrons. The van der Waals surface area contributed by atoms with Crippen LogP contribution in [0.2, 0.25) is 0 Å². The lowest BCUT2D eigenvalue weighted by Gasteiger charge is -2.09. The third-order valence-electron chi connectivity index (χ3n) is 6.09. The molecule has 0 aliphatic heterocycles. The van der Waals surface area contributed by atoms with Crippen molar-refractivity contribution < 1.29 is 14.3 Å². The normalized spacial score (nSPS) is 11.4. The Morgan fingerprint density at radius 3 is 2.24 bits per heavy atom. The first-order valence-electron chi connectivity index (χ1n) is 11.9. The molecule has 1 amide bonds. The molecule has 0 bridgehead atoms. The standard InChI is InChI=1S/C29H24N6O3/c1-33-16-13-24(14-17-33)30-21-7-9-23(10-8-21)32-29(36)20-3-5-22(6-4-20)31-27-15-18-34(2)28-12-11-25(35(37)38)19-26(27)28/h3-19H,1-2H3,(H,32,36)/p+1. The first kappa shape index (κ1) is 24.4. The number of benzene rings is 3. The van der Waals surface area contributed by atoms with Gasteiger partial charge in [0, 0.05) is 59.8 Å². The Labute approximate surface area is 218 Å². The van der Waals surface area contributed by atoms with Crippen LogP contribution < -0.4 is 20.6 Å². The monoisotopic (exact) mass is 505 g/mol. The molecule has 5 rings (SSSR count). The highest BCUT2D eigenvalue weighted by molar-refractivity contribution is 6.04. The molecular formula is C29H25N6O3+. The number of anilines is 3. The number of fused-ring (bicyclic) bond motifs is 1. The van der Waals surface area contributed by atoms with E-state index < -0.39 is 4.92 Å². The molecule has 2 heterocycles. The number of carbonyl (C=O) groups is 1.